The zero-order valence-electron chi connectivity index (χ0n) is 14.2. The lowest BCUT2D eigenvalue weighted by Crippen LogP contribution is -2.39. The van der Waals surface area contributed by atoms with E-state index in [4.69, 9.17) is 4.74 Å². The highest BCUT2D eigenvalue weighted by molar-refractivity contribution is 5.97. The van der Waals surface area contributed by atoms with Crippen molar-refractivity contribution in [1.82, 2.24) is 15.1 Å². The van der Waals surface area contributed by atoms with Crippen molar-refractivity contribution in [3.8, 4) is 5.75 Å². The van der Waals surface area contributed by atoms with E-state index in [2.05, 4.69) is 30.1 Å². The number of nitrogens with zero attached hydrogens (tertiary/aromatic N) is 2. The van der Waals surface area contributed by atoms with Gasteiger partial charge < -0.3 is 9.64 Å². The standard InChI is InChI=1S/C19H23N3O2/c1-12-13(2)24-18-15(12)6-3-7-16(18)19(23)22-10-4-5-14(11-22)17-8-9-20-21-17/h3,6-9,12-14H,4-5,10-11H2,1-2H3,(H,20,21)/t12-,13-,14+/m0/s1. The summed E-state index contributed by atoms with van der Waals surface area (Å²) in [6.07, 6.45) is 3.99. The molecule has 126 valence electrons. The summed E-state index contributed by atoms with van der Waals surface area (Å²) in [6, 6.07) is 7.95. The summed E-state index contributed by atoms with van der Waals surface area (Å²) < 4.78 is 6.00. The van der Waals surface area contributed by atoms with Gasteiger partial charge in [0.15, 0.2) is 0 Å². The Balaban J connectivity index is 1.59. The average molecular weight is 325 g/mol. The number of amides is 1. The van der Waals surface area contributed by atoms with Gasteiger partial charge in [0.25, 0.3) is 5.91 Å². The fraction of sp³-hybridized carbons (Fsp3) is 0.474. The third-order valence-electron chi connectivity index (χ3n) is 5.45. The summed E-state index contributed by atoms with van der Waals surface area (Å²) in [5.74, 6) is 1.52. The van der Waals surface area contributed by atoms with Crippen LogP contribution in [0.1, 0.15) is 60.1 Å². The Morgan fingerprint density at radius 2 is 2.21 bits per heavy atom. The summed E-state index contributed by atoms with van der Waals surface area (Å²) in [6.45, 7) is 5.75. The molecular weight excluding hydrogens is 302 g/mol. The predicted molar refractivity (Wildman–Crippen MR) is 91.4 cm³/mol. The Bertz CT molecular complexity index is 741. The van der Waals surface area contributed by atoms with Gasteiger partial charge in [-0.25, -0.2) is 0 Å². The molecule has 3 heterocycles. The van der Waals surface area contributed by atoms with Crippen LogP contribution in [0.15, 0.2) is 30.5 Å². The molecule has 0 aliphatic carbocycles. The number of likely N-dealkylation sites (tertiary alicyclic amines) is 1. The molecule has 1 saturated heterocycles. The number of aromatic amines is 1. The van der Waals surface area contributed by atoms with Gasteiger partial charge in [0, 0.05) is 42.4 Å². The van der Waals surface area contributed by atoms with Gasteiger partial charge in [-0.1, -0.05) is 19.1 Å². The molecule has 5 nitrogen and oxygen atoms in total. The third kappa shape index (κ3) is 2.48. The maximum Gasteiger partial charge on any atom is 0.257 e. The number of benzene rings is 1. The van der Waals surface area contributed by atoms with Crippen LogP contribution in [0.3, 0.4) is 0 Å². The molecule has 24 heavy (non-hydrogen) atoms. The molecule has 1 aromatic heterocycles. The quantitative estimate of drug-likeness (QED) is 0.921. The van der Waals surface area contributed by atoms with Crippen molar-refractivity contribution in [3.05, 3.63) is 47.3 Å². The van der Waals surface area contributed by atoms with E-state index in [1.165, 1.54) is 0 Å². The molecule has 2 aliphatic rings. The van der Waals surface area contributed by atoms with Crippen LogP contribution < -0.4 is 4.74 Å². The molecule has 0 bridgehead atoms. The molecule has 0 unspecified atom stereocenters. The fourth-order valence-electron chi connectivity index (χ4n) is 3.83. The van der Waals surface area contributed by atoms with Gasteiger partial charge in [0.1, 0.15) is 11.9 Å². The molecule has 0 radical (unpaired) electrons. The minimum Gasteiger partial charge on any atom is -0.489 e. The number of piperidine rings is 1. The van der Waals surface area contributed by atoms with E-state index in [0.29, 0.717) is 17.4 Å². The van der Waals surface area contributed by atoms with E-state index in [1.54, 1.807) is 6.20 Å². The molecule has 4 rings (SSSR count). The van der Waals surface area contributed by atoms with Crippen molar-refractivity contribution in [1.29, 1.82) is 0 Å². The first-order chi connectivity index (χ1) is 11.6. The summed E-state index contributed by atoms with van der Waals surface area (Å²) in [5, 5.41) is 7.09. The summed E-state index contributed by atoms with van der Waals surface area (Å²) >= 11 is 0. The second kappa shape index (κ2) is 5.96. The molecule has 0 spiro atoms. The van der Waals surface area contributed by atoms with Gasteiger partial charge in [-0.3, -0.25) is 9.89 Å². The van der Waals surface area contributed by atoms with Crippen molar-refractivity contribution < 1.29 is 9.53 Å². The number of para-hydroxylation sites is 1. The van der Waals surface area contributed by atoms with Crippen LogP contribution >= 0.6 is 0 Å². The van der Waals surface area contributed by atoms with Crippen LogP contribution in [-0.4, -0.2) is 40.2 Å². The molecule has 1 amide bonds. The Morgan fingerprint density at radius 3 is 3.00 bits per heavy atom. The van der Waals surface area contributed by atoms with Crippen molar-refractivity contribution >= 4 is 5.91 Å². The maximum atomic E-state index is 13.1. The fourth-order valence-corrected chi connectivity index (χ4v) is 3.83. The molecule has 1 fully saturated rings. The Hall–Kier alpha value is -2.30. The lowest BCUT2D eigenvalue weighted by Gasteiger charge is -2.32. The van der Waals surface area contributed by atoms with E-state index in [9.17, 15) is 4.79 Å². The van der Waals surface area contributed by atoms with Crippen LogP contribution in [-0.2, 0) is 0 Å². The van der Waals surface area contributed by atoms with E-state index in [0.717, 1.165) is 42.9 Å². The first-order valence-electron chi connectivity index (χ1n) is 8.73. The highest BCUT2D eigenvalue weighted by atomic mass is 16.5. The summed E-state index contributed by atoms with van der Waals surface area (Å²) in [5.41, 5.74) is 2.97. The second-order valence-electron chi connectivity index (χ2n) is 6.94. The minimum absolute atomic E-state index is 0.0809. The Kier molecular flexibility index (Phi) is 3.79. The van der Waals surface area contributed by atoms with Crippen LogP contribution in [0.4, 0.5) is 0 Å². The number of aromatic nitrogens is 2. The monoisotopic (exact) mass is 325 g/mol. The molecule has 1 aromatic carbocycles. The molecule has 0 saturated carbocycles. The predicted octanol–water partition coefficient (Wildman–Crippen LogP) is 3.31. The van der Waals surface area contributed by atoms with Crippen molar-refractivity contribution in [2.45, 2.75) is 44.6 Å². The van der Waals surface area contributed by atoms with Gasteiger partial charge in [-0.2, -0.15) is 5.10 Å². The molecule has 1 N–H and O–H groups in total. The first-order valence-corrected chi connectivity index (χ1v) is 8.73. The highest BCUT2D eigenvalue weighted by Gasteiger charge is 2.33. The van der Waals surface area contributed by atoms with Gasteiger partial charge in [0.05, 0.1) is 5.56 Å². The number of nitrogens with one attached hydrogen (secondary N) is 1. The highest BCUT2D eigenvalue weighted by Crippen LogP contribution is 2.41. The minimum atomic E-state index is 0.0809. The Morgan fingerprint density at radius 1 is 1.33 bits per heavy atom. The number of carbonyl (C=O) groups excluding carboxylic acids is 1. The number of H-pyrrole nitrogens is 1. The van der Waals surface area contributed by atoms with Crippen LogP contribution in [0.25, 0.3) is 0 Å². The summed E-state index contributed by atoms with van der Waals surface area (Å²) in [4.78, 5) is 15.1. The molecule has 3 atom stereocenters. The third-order valence-corrected chi connectivity index (χ3v) is 5.45. The van der Waals surface area contributed by atoms with Gasteiger partial charge >= 0.3 is 0 Å². The van der Waals surface area contributed by atoms with Gasteiger partial charge in [0.2, 0.25) is 0 Å². The second-order valence-corrected chi connectivity index (χ2v) is 6.94. The lowest BCUT2D eigenvalue weighted by atomic mass is 9.93. The van der Waals surface area contributed by atoms with Gasteiger partial charge in [-0.05, 0) is 31.9 Å². The van der Waals surface area contributed by atoms with Crippen LogP contribution in [0.2, 0.25) is 0 Å². The lowest BCUT2D eigenvalue weighted by molar-refractivity contribution is 0.0700. The van der Waals surface area contributed by atoms with Crippen molar-refractivity contribution in [2.75, 3.05) is 13.1 Å². The molecule has 5 heteroatoms. The molecule has 2 aliphatic heterocycles. The number of rotatable bonds is 2. The molecular formula is C19H23N3O2. The summed E-state index contributed by atoms with van der Waals surface area (Å²) in [7, 11) is 0. The van der Waals surface area contributed by atoms with Crippen molar-refractivity contribution in [3.63, 3.8) is 0 Å². The largest absolute Gasteiger partial charge is 0.489 e. The zero-order valence-corrected chi connectivity index (χ0v) is 14.2. The maximum absolute atomic E-state index is 13.1. The topological polar surface area (TPSA) is 58.2 Å². The number of fused-ring (bicyclic) bond motifs is 1. The van der Waals surface area contributed by atoms with Crippen LogP contribution in [0.5, 0.6) is 5.75 Å². The zero-order chi connectivity index (χ0) is 16.7. The number of hydrogen-bond donors (Lipinski definition) is 1. The first kappa shape index (κ1) is 15.2. The average Bonchev–Trinajstić information content (AvgIpc) is 3.24. The number of ether oxygens (including phenoxy) is 1. The SMILES string of the molecule is C[C@@H]1Oc2c(C(=O)N3CCC[C@@H](c4ccn[nH]4)C3)cccc2[C@H]1C. The van der Waals surface area contributed by atoms with E-state index in [1.807, 2.05) is 23.1 Å². The Labute approximate surface area is 142 Å². The van der Waals surface area contributed by atoms with Gasteiger partial charge in [-0.15, -0.1) is 0 Å². The van der Waals surface area contributed by atoms with E-state index < -0.39 is 0 Å². The number of carbonyl (C=O) groups is 1. The normalized spacial score (nSPS) is 26.1. The van der Waals surface area contributed by atoms with Crippen LogP contribution in [0, 0.1) is 0 Å². The van der Waals surface area contributed by atoms with E-state index >= 15 is 0 Å². The number of hydrogen-bond acceptors (Lipinski definition) is 3. The molecule has 2 aromatic rings. The smallest absolute Gasteiger partial charge is 0.257 e. The van der Waals surface area contributed by atoms with E-state index in [-0.39, 0.29) is 12.0 Å². The van der Waals surface area contributed by atoms with Crippen molar-refractivity contribution in [2.24, 2.45) is 0 Å².